The Morgan fingerprint density at radius 3 is 2.62 bits per heavy atom. The van der Waals surface area contributed by atoms with Crippen LogP contribution in [-0.4, -0.2) is 22.0 Å². The van der Waals surface area contributed by atoms with Gasteiger partial charge in [0.15, 0.2) is 5.69 Å². The predicted octanol–water partition coefficient (Wildman–Crippen LogP) is 3.62. The van der Waals surface area contributed by atoms with Gasteiger partial charge in [0.25, 0.3) is 5.56 Å². The number of carbonyl (C=O) groups is 1. The summed E-state index contributed by atoms with van der Waals surface area (Å²) >= 11 is 0. The molecule has 8 nitrogen and oxygen atoms in total. The minimum absolute atomic E-state index is 0.0124. The fraction of sp³-hybridized carbons (Fsp3) is 0.346. The van der Waals surface area contributed by atoms with E-state index in [1.165, 1.54) is 21.5 Å². The Bertz CT molecular complexity index is 1260. The lowest BCUT2D eigenvalue weighted by atomic mass is 9.97. The molecule has 1 aliphatic carbocycles. The highest BCUT2D eigenvalue weighted by Crippen LogP contribution is 2.24. The number of nitrogens with one attached hydrogen (secondary N) is 1. The van der Waals surface area contributed by atoms with Gasteiger partial charge in [-0.05, 0) is 49.8 Å². The molecule has 34 heavy (non-hydrogen) atoms. The van der Waals surface area contributed by atoms with Crippen LogP contribution in [0.4, 0.5) is 11.5 Å². The first-order chi connectivity index (χ1) is 16.5. The van der Waals surface area contributed by atoms with Crippen LogP contribution >= 0.6 is 0 Å². The molecule has 0 saturated carbocycles. The van der Waals surface area contributed by atoms with Crippen molar-refractivity contribution < 1.29 is 9.21 Å². The van der Waals surface area contributed by atoms with Gasteiger partial charge in [-0.25, -0.2) is 4.79 Å². The Hall–Kier alpha value is -3.81. The molecular formula is C26H30N4O4. The van der Waals surface area contributed by atoms with Gasteiger partial charge < -0.3 is 15.1 Å². The molecule has 0 bridgehead atoms. The van der Waals surface area contributed by atoms with E-state index in [0.29, 0.717) is 25.1 Å². The highest BCUT2D eigenvalue weighted by atomic mass is 16.3. The normalized spacial score (nSPS) is 13.5. The van der Waals surface area contributed by atoms with Gasteiger partial charge >= 0.3 is 5.69 Å². The van der Waals surface area contributed by atoms with E-state index in [1.807, 2.05) is 36.4 Å². The van der Waals surface area contributed by atoms with Gasteiger partial charge in [-0.2, -0.15) is 0 Å². The monoisotopic (exact) mass is 462 g/mol. The second-order valence-electron chi connectivity index (χ2n) is 8.55. The van der Waals surface area contributed by atoms with Crippen molar-refractivity contribution in [2.45, 2.75) is 51.5 Å². The van der Waals surface area contributed by atoms with Gasteiger partial charge in [0.05, 0.1) is 12.8 Å². The number of amides is 1. The maximum Gasteiger partial charge on any atom is 0.330 e. The number of carbonyl (C=O) groups excluding carboxylic acids is 1. The molecule has 0 unspecified atom stereocenters. The van der Waals surface area contributed by atoms with Crippen LogP contribution in [0.1, 0.15) is 49.8 Å². The zero-order valence-corrected chi connectivity index (χ0v) is 19.2. The molecule has 0 aliphatic heterocycles. The van der Waals surface area contributed by atoms with Crippen molar-refractivity contribution in [2.24, 2.45) is 0 Å². The number of nitrogens with zero attached hydrogens (tertiary/aromatic N) is 2. The first-order valence-corrected chi connectivity index (χ1v) is 11.7. The van der Waals surface area contributed by atoms with Gasteiger partial charge in [0, 0.05) is 19.4 Å². The van der Waals surface area contributed by atoms with Gasteiger partial charge in [-0.3, -0.25) is 19.1 Å². The van der Waals surface area contributed by atoms with Crippen molar-refractivity contribution in [2.75, 3.05) is 17.2 Å². The van der Waals surface area contributed by atoms with E-state index in [1.54, 1.807) is 12.3 Å². The maximum absolute atomic E-state index is 13.3. The number of aromatic nitrogens is 2. The smallest absolute Gasteiger partial charge is 0.330 e. The van der Waals surface area contributed by atoms with Gasteiger partial charge in [-0.15, -0.1) is 0 Å². The fourth-order valence-electron chi connectivity index (χ4n) is 4.33. The van der Waals surface area contributed by atoms with Crippen LogP contribution < -0.4 is 21.9 Å². The molecule has 1 amide bonds. The number of rotatable bonds is 9. The lowest BCUT2D eigenvalue weighted by Gasteiger charge is -2.25. The number of hydrogen-bond acceptors (Lipinski definition) is 5. The number of furan rings is 1. The summed E-state index contributed by atoms with van der Waals surface area (Å²) in [7, 11) is 0. The van der Waals surface area contributed by atoms with E-state index in [-0.39, 0.29) is 30.4 Å². The quantitative estimate of drug-likeness (QED) is 0.472. The summed E-state index contributed by atoms with van der Waals surface area (Å²) in [5.41, 5.74) is 7.29. The number of allylic oxidation sites excluding steroid dienone is 1. The molecule has 2 aromatic heterocycles. The van der Waals surface area contributed by atoms with Crippen LogP contribution in [0.15, 0.2) is 74.4 Å². The highest BCUT2D eigenvalue weighted by Gasteiger charge is 2.25. The molecule has 0 saturated heterocycles. The minimum Gasteiger partial charge on any atom is -0.469 e. The zero-order chi connectivity index (χ0) is 23.9. The van der Waals surface area contributed by atoms with Gasteiger partial charge in [0.1, 0.15) is 11.6 Å². The Balaban J connectivity index is 1.66. The third kappa shape index (κ3) is 5.57. The summed E-state index contributed by atoms with van der Waals surface area (Å²) in [6.07, 6.45) is 9.34. The Kier molecular flexibility index (Phi) is 7.47. The third-order valence-electron chi connectivity index (χ3n) is 6.18. The molecule has 0 spiro atoms. The van der Waals surface area contributed by atoms with Crippen molar-refractivity contribution in [3.63, 3.8) is 0 Å². The number of H-pyrrole nitrogens is 1. The second kappa shape index (κ2) is 10.9. The topological polar surface area (TPSA) is 114 Å². The van der Waals surface area contributed by atoms with E-state index in [4.69, 9.17) is 10.2 Å². The van der Waals surface area contributed by atoms with Crippen LogP contribution in [0.25, 0.3) is 0 Å². The predicted molar refractivity (Wildman–Crippen MR) is 132 cm³/mol. The van der Waals surface area contributed by atoms with Gasteiger partial charge in [-0.1, -0.05) is 42.0 Å². The van der Waals surface area contributed by atoms with Crippen LogP contribution in [0.3, 0.4) is 0 Å². The first-order valence-electron chi connectivity index (χ1n) is 11.7. The molecule has 0 radical (unpaired) electrons. The van der Waals surface area contributed by atoms with Crippen LogP contribution in [0.5, 0.6) is 0 Å². The number of aryl methyl sites for hydroxylation is 1. The summed E-state index contributed by atoms with van der Waals surface area (Å²) < 4.78 is 6.66. The minimum atomic E-state index is -0.657. The molecule has 1 aromatic carbocycles. The molecule has 4 rings (SSSR count). The molecule has 0 atom stereocenters. The standard InChI is InChI=1S/C26H30N4O4/c27-24-23(25(32)28-26(33)30(24)18-20-10-5-2-6-11-20)29(16-15-19-8-3-1-4-9-19)22(31)14-13-21-12-7-17-34-21/h2,5-8,10-12,17H,1,3-4,9,13-16,18,27H2,(H,28,32,33). The lowest BCUT2D eigenvalue weighted by Crippen LogP contribution is -2.42. The summed E-state index contributed by atoms with van der Waals surface area (Å²) in [6, 6.07) is 12.9. The Labute approximate surface area is 197 Å². The molecule has 0 fully saturated rings. The molecule has 1 aliphatic rings. The largest absolute Gasteiger partial charge is 0.469 e. The van der Waals surface area contributed by atoms with Gasteiger partial charge in [0.2, 0.25) is 5.91 Å². The number of nitrogens with two attached hydrogens (primary N) is 1. The van der Waals surface area contributed by atoms with Crippen LogP contribution in [0, 0.1) is 0 Å². The van der Waals surface area contributed by atoms with E-state index in [9.17, 15) is 14.4 Å². The van der Waals surface area contributed by atoms with Crippen molar-refractivity contribution in [1.82, 2.24) is 9.55 Å². The molecule has 8 heteroatoms. The number of nitrogen functional groups attached to an aromatic ring is 1. The first kappa shape index (κ1) is 23.4. The number of hydrogen-bond donors (Lipinski definition) is 2. The fourth-order valence-corrected chi connectivity index (χ4v) is 4.33. The number of aromatic amines is 1. The van der Waals surface area contributed by atoms with Crippen molar-refractivity contribution in [1.29, 1.82) is 0 Å². The van der Waals surface area contributed by atoms with Crippen molar-refractivity contribution in [3.8, 4) is 0 Å². The zero-order valence-electron chi connectivity index (χ0n) is 19.2. The van der Waals surface area contributed by atoms with Crippen LogP contribution in [-0.2, 0) is 17.8 Å². The van der Waals surface area contributed by atoms with Crippen molar-refractivity contribution in [3.05, 3.63) is 92.5 Å². The third-order valence-corrected chi connectivity index (χ3v) is 6.18. The maximum atomic E-state index is 13.3. The van der Waals surface area contributed by atoms with Crippen LogP contribution in [0.2, 0.25) is 0 Å². The number of anilines is 2. The van der Waals surface area contributed by atoms with E-state index < -0.39 is 11.2 Å². The Morgan fingerprint density at radius 2 is 1.91 bits per heavy atom. The second-order valence-corrected chi connectivity index (χ2v) is 8.55. The summed E-state index contributed by atoms with van der Waals surface area (Å²) in [5.74, 6) is 0.440. The van der Waals surface area contributed by atoms with E-state index in [2.05, 4.69) is 11.1 Å². The Morgan fingerprint density at radius 1 is 1.09 bits per heavy atom. The summed E-state index contributed by atoms with van der Waals surface area (Å²) in [5, 5.41) is 0. The summed E-state index contributed by atoms with van der Waals surface area (Å²) in [4.78, 5) is 42.7. The van der Waals surface area contributed by atoms with E-state index in [0.717, 1.165) is 24.8 Å². The molecular weight excluding hydrogens is 432 g/mol. The molecule has 3 N–H and O–H groups in total. The molecule has 2 heterocycles. The van der Waals surface area contributed by atoms with E-state index >= 15 is 0 Å². The lowest BCUT2D eigenvalue weighted by molar-refractivity contribution is -0.118. The average molecular weight is 463 g/mol. The average Bonchev–Trinajstić information content (AvgIpc) is 3.37. The molecule has 3 aromatic rings. The highest BCUT2D eigenvalue weighted by molar-refractivity contribution is 5.95. The SMILES string of the molecule is Nc1c(N(CCC2=CCCCC2)C(=O)CCc2ccco2)c(=O)[nH]c(=O)n1Cc1ccccc1. The molecule has 178 valence electrons. The van der Waals surface area contributed by atoms with Crippen molar-refractivity contribution >= 4 is 17.4 Å². The number of benzene rings is 1. The summed E-state index contributed by atoms with van der Waals surface area (Å²) in [6.45, 7) is 0.508.